The quantitative estimate of drug-likeness (QED) is 0.698. The maximum absolute atomic E-state index is 12.2. The smallest absolute Gasteiger partial charge is 0.234 e. The highest BCUT2D eigenvalue weighted by Gasteiger charge is 2.21. The molecule has 0 saturated carbocycles. The van der Waals surface area contributed by atoms with Crippen LogP contribution in [0.1, 0.15) is 5.56 Å². The van der Waals surface area contributed by atoms with E-state index < -0.39 is 0 Å². The Bertz CT molecular complexity index is 858. The molecule has 0 spiro atoms. The summed E-state index contributed by atoms with van der Waals surface area (Å²) in [4.78, 5) is 30.4. The van der Waals surface area contributed by atoms with Gasteiger partial charge in [0.05, 0.1) is 12.7 Å². The molecule has 0 aliphatic carbocycles. The van der Waals surface area contributed by atoms with E-state index >= 15 is 0 Å². The van der Waals surface area contributed by atoms with Crippen molar-refractivity contribution in [2.24, 2.45) is 0 Å². The van der Waals surface area contributed by atoms with Crippen LogP contribution in [0.5, 0.6) is 0 Å². The van der Waals surface area contributed by atoms with Gasteiger partial charge in [-0.25, -0.2) is 15.0 Å². The molecule has 0 radical (unpaired) electrons. The largest absolute Gasteiger partial charge is 0.355 e. The number of fused-ring (bicyclic) bond motifs is 1. The lowest BCUT2D eigenvalue weighted by Crippen LogP contribution is -2.49. The molecule has 0 unspecified atom stereocenters. The first-order valence-electron chi connectivity index (χ1n) is 9.12. The van der Waals surface area contributed by atoms with E-state index in [1.165, 1.54) is 5.56 Å². The molecule has 1 amide bonds. The Morgan fingerprint density at radius 1 is 1.15 bits per heavy atom. The average molecular weight is 382 g/mol. The fraction of sp³-hybridized carbons (Fsp3) is 0.368. The summed E-state index contributed by atoms with van der Waals surface area (Å²) in [5.74, 6) is 0.0923. The number of hydrogen-bond acceptors (Lipinski definition) is 7. The van der Waals surface area contributed by atoms with E-state index in [9.17, 15) is 4.79 Å². The highest BCUT2D eigenvalue weighted by Crippen LogP contribution is 2.27. The van der Waals surface area contributed by atoms with E-state index in [4.69, 9.17) is 0 Å². The molecule has 7 nitrogen and oxygen atoms in total. The van der Waals surface area contributed by atoms with Crippen molar-refractivity contribution < 1.29 is 4.79 Å². The topological polar surface area (TPSA) is 74.2 Å². The molecule has 0 bridgehead atoms. The molecule has 1 fully saturated rings. The number of piperazine rings is 1. The van der Waals surface area contributed by atoms with Crippen molar-refractivity contribution in [2.75, 3.05) is 44.2 Å². The number of aromatic nitrogens is 3. The molecule has 1 aliphatic heterocycles. The summed E-state index contributed by atoms with van der Waals surface area (Å²) in [6, 6.07) is 10.2. The van der Waals surface area contributed by atoms with Gasteiger partial charge in [0.15, 0.2) is 5.13 Å². The highest BCUT2D eigenvalue weighted by molar-refractivity contribution is 7.21. The van der Waals surface area contributed by atoms with Crippen molar-refractivity contribution in [2.45, 2.75) is 6.42 Å². The number of benzene rings is 1. The monoisotopic (exact) mass is 382 g/mol. The normalized spacial score (nSPS) is 15.2. The van der Waals surface area contributed by atoms with Gasteiger partial charge in [-0.2, -0.15) is 0 Å². The van der Waals surface area contributed by atoms with Crippen molar-refractivity contribution in [1.29, 1.82) is 0 Å². The molecular formula is C19H22N6OS. The predicted molar refractivity (Wildman–Crippen MR) is 107 cm³/mol. The number of nitrogens with zero attached hydrogens (tertiary/aromatic N) is 5. The van der Waals surface area contributed by atoms with Crippen molar-refractivity contribution in [3.8, 4) is 0 Å². The fourth-order valence-electron chi connectivity index (χ4n) is 3.16. The van der Waals surface area contributed by atoms with Crippen LogP contribution in [-0.4, -0.2) is 65.0 Å². The van der Waals surface area contributed by atoms with Crippen LogP contribution in [0.4, 0.5) is 5.13 Å². The molecule has 3 aromatic rings. The Kier molecular flexibility index (Phi) is 5.55. The van der Waals surface area contributed by atoms with Crippen molar-refractivity contribution >= 4 is 32.7 Å². The first-order chi connectivity index (χ1) is 13.3. The maximum atomic E-state index is 12.2. The van der Waals surface area contributed by atoms with Crippen LogP contribution in [0.25, 0.3) is 10.3 Å². The summed E-state index contributed by atoms with van der Waals surface area (Å²) in [5.41, 5.74) is 2.09. The van der Waals surface area contributed by atoms with Crippen LogP contribution in [0.15, 0.2) is 42.9 Å². The SMILES string of the molecule is O=C(CN1CCN(c2nc3cncnc3s2)CC1)NCCc1ccccc1. The molecule has 27 heavy (non-hydrogen) atoms. The van der Waals surface area contributed by atoms with Crippen LogP contribution in [0.2, 0.25) is 0 Å². The van der Waals surface area contributed by atoms with Gasteiger partial charge in [0.2, 0.25) is 5.91 Å². The number of anilines is 1. The zero-order chi connectivity index (χ0) is 18.5. The van der Waals surface area contributed by atoms with Gasteiger partial charge in [0, 0.05) is 32.7 Å². The molecule has 1 N–H and O–H groups in total. The maximum Gasteiger partial charge on any atom is 0.234 e. The standard InChI is InChI=1S/C19H22N6OS/c26-17(21-7-6-15-4-2-1-3-5-15)13-24-8-10-25(11-9-24)19-23-16-12-20-14-22-18(16)27-19/h1-5,12,14H,6-11,13H2,(H,21,26). The zero-order valence-electron chi connectivity index (χ0n) is 15.0. The van der Waals surface area contributed by atoms with Crippen molar-refractivity contribution in [1.82, 2.24) is 25.2 Å². The summed E-state index contributed by atoms with van der Waals surface area (Å²) in [5, 5.41) is 4.00. The van der Waals surface area contributed by atoms with Gasteiger partial charge in [-0.1, -0.05) is 41.7 Å². The predicted octanol–water partition coefficient (Wildman–Crippen LogP) is 1.57. The van der Waals surface area contributed by atoms with E-state index in [2.05, 4.69) is 42.2 Å². The van der Waals surface area contributed by atoms with Crippen LogP contribution >= 0.6 is 11.3 Å². The minimum Gasteiger partial charge on any atom is -0.355 e. The van der Waals surface area contributed by atoms with Crippen LogP contribution < -0.4 is 10.2 Å². The lowest BCUT2D eigenvalue weighted by molar-refractivity contribution is -0.122. The van der Waals surface area contributed by atoms with Crippen LogP contribution in [0.3, 0.4) is 0 Å². The van der Waals surface area contributed by atoms with E-state index in [0.717, 1.165) is 48.1 Å². The molecule has 1 aliphatic rings. The van der Waals surface area contributed by atoms with E-state index in [1.54, 1.807) is 23.9 Å². The third kappa shape index (κ3) is 4.58. The second-order valence-electron chi connectivity index (χ2n) is 6.56. The number of carbonyl (C=O) groups is 1. The summed E-state index contributed by atoms with van der Waals surface area (Å²) >= 11 is 1.59. The first-order valence-corrected chi connectivity index (χ1v) is 9.94. The minimum atomic E-state index is 0.0923. The first kappa shape index (κ1) is 17.8. The van der Waals surface area contributed by atoms with Crippen LogP contribution in [0, 0.1) is 0 Å². The summed E-state index contributed by atoms with van der Waals surface area (Å²) < 4.78 is 0. The Balaban J connectivity index is 1.21. The van der Waals surface area contributed by atoms with Gasteiger partial charge >= 0.3 is 0 Å². The second kappa shape index (κ2) is 8.41. The van der Waals surface area contributed by atoms with Gasteiger partial charge in [-0.15, -0.1) is 0 Å². The molecule has 3 heterocycles. The molecule has 1 saturated heterocycles. The number of nitrogens with one attached hydrogen (secondary N) is 1. The zero-order valence-corrected chi connectivity index (χ0v) is 15.9. The van der Waals surface area contributed by atoms with Crippen LogP contribution in [-0.2, 0) is 11.2 Å². The minimum absolute atomic E-state index is 0.0923. The Morgan fingerprint density at radius 2 is 1.96 bits per heavy atom. The molecule has 140 valence electrons. The van der Waals surface area contributed by atoms with Gasteiger partial charge in [-0.3, -0.25) is 9.69 Å². The summed E-state index contributed by atoms with van der Waals surface area (Å²) in [7, 11) is 0. The number of rotatable bonds is 6. The Hall–Kier alpha value is -2.58. The lowest BCUT2D eigenvalue weighted by atomic mass is 10.1. The Labute approximate surface area is 162 Å². The van der Waals surface area contributed by atoms with E-state index in [0.29, 0.717) is 13.1 Å². The molecule has 0 atom stereocenters. The third-order valence-electron chi connectivity index (χ3n) is 4.65. The molecule has 1 aromatic carbocycles. The summed E-state index contributed by atoms with van der Waals surface area (Å²) in [6.07, 6.45) is 4.16. The fourth-order valence-corrected chi connectivity index (χ4v) is 4.09. The van der Waals surface area contributed by atoms with Crippen molar-refractivity contribution in [3.63, 3.8) is 0 Å². The van der Waals surface area contributed by atoms with Gasteiger partial charge in [-0.05, 0) is 12.0 Å². The number of thiazole rings is 1. The van der Waals surface area contributed by atoms with E-state index in [-0.39, 0.29) is 5.91 Å². The van der Waals surface area contributed by atoms with Gasteiger partial charge < -0.3 is 10.2 Å². The molecule has 2 aromatic heterocycles. The summed E-state index contributed by atoms with van der Waals surface area (Å²) in [6.45, 7) is 4.57. The number of amides is 1. The Morgan fingerprint density at radius 3 is 2.74 bits per heavy atom. The lowest BCUT2D eigenvalue weighted by Gasteiger charge is -2.34. The third-order valence-corrected chi connectivity index (χ3v) is 5.69. The second-order valence-corrected chi connectivity index (χ2v) is 7.51. The molecule has 8 heteroatoms. The van der Waals surface area contributed by atoms with Gasteiger partial charge in [0.25, 0.3) is 0 Å². The molecule has 4 rings (SSSR count). The van der Waals surface area contributed by atoms with Gasteiger partial charge in [0.1, 0.15) is 16.7 Å². The molecular weight excluding hydrogens is 360 g/mol. The van der Waals surface area contributed by atoms with Crippen molar-refractivity contribution in [3.05, 3.63) is 48.4 Å². The average Bonchev–Trinajstić information content (AvgIpc) is 3.13. The highest BCUT2D eigenvalue weighted by atomic mass is 32.1. The number of carbonyl (C=O) groups excluding carboxylic acids is 1. The number of hydrogen-bond donors (Lipinski definition) is 1. The van der Waals surface area contributed by atoms with E-state index in [1.807, 2.05) is 18.2 Å².